The molecule has 0 amide bonds. The van der Waals surface area contributed by atoms with Crippen LogP contribution in [0.15, 0.2) is 24.4 Å². The molecule has 0 spiro atoms. The Morgan fingerprint density at radius 3 is 2.08 bits per heavy atom. The van der Waals surface area contributed by atoms with E-state index in [1.54, 1.807) is 0 Å². The second-order valence-electron chi connectivity index (χ2n) is 2.31. The van der Waals surface area contributed by atoms with E-state index in [0.717, 1.165) is 0 Å². The molecule has 0 rings (SSSR count). The Hall–Kier alpha value is -1.58. The number of hydroxylamine groups is 1. The highest BCUT2D eigenvalue weighted by molar-refractivity contribution is 5.92. The Labute approximate surface area is 70.9 Å². The molecule has 0 aromatic heterocycles. The van der Waals surface area contributed by atoms with Crippen molar-refractivity contribution in [1.29, 1.82) is 0 Å². The third-order valence-electron chi connectivity index (χ3n) is 1.04. The Balaban J connectivity index is 3.85. The largest absolute Gasteiger partial charge is 0.357 e. The van der Waals surface area contributed by atoms with E-state index in [1.807, 2.05) is 0 Å². The first kappa shape index (κ1) is 10.4. The zero-order valence-corrected chi connectivity index (χ0v) is 7.14. The fraction of sp³-hybridized carbons (Fsp3) is 0.250. The van der Waals surface area contributed by atoms with Gasteiger partial charge < -0.3 is 4.84 Å². The summed E-state index contributed by atoms with van der Waals surface area (Å²) in [5.41, 5.74) is 2.39. The van der Waals surface area contributed by atoms with Crippen molar-refractivity contribution < 1.29 is 14.4 Å². The van der Waals surface area contributed by atoms with Crippen LogP contribution in [-0.2, 0) is 14.4 Å². The van der Waals surface area contributed by atoms with Gasteiger partial charge in [-0.1, -0.05) is 13.2 Å². The van der Waals surface area contributed by atoms with Gasteiger partial charge in [0.1, 0.15) is 5.70 Å². The Kier molecular flexibility index (Phi) is 3.76. The van der Waals surface area contributed by atoms with Crippen LogP contribution >= 0.6 is 0 Å². The summed E-state index contributed by atoms with van der Waals surface area (Å²) in [4.78, 5) is 25.7. The molecule has 0 aliphatic carbocycles. The maximum atomic E-state index is 10.7. The molecule has 0 unspecified atom stereocenters. The molecular formula is C8H11NO3. The van der Waals surface area contributed by atoms with Crippen LogP contribution in [0.25, 0.3) is 0 Å². The highest BCUT2D eigenvalue weighted by atomic mass is 16.7. The molecular weight excluding hydrogens is 158 g/mol. The van der Waals surface area contributed by atoms with Crippen molar-refractivity contribution in [2.24, 2.45) is 0 Å². The number of carbonyl (C=O) groups excluding carboxylic acids is 2. The maximum absolute atomic E-state index is 10.7. The number of ketones is 1. The van der Waals surface area contributed by atoms with Crippen molar-refractivity contribution in [3.8, 4) is 0 Å². The van der Waals surface area contributed by atoms with Crippen LogP contribution in [0.5, 0.6) is 0 Å². The van der Waals surface area contributed by atoms with Crippen LogP contribution in [0.4, 0.5) is 0 Å². The third kappa shape index (κ3) is 3.55. The zero-order valence-electron chi connectivity index (χ0n) is 7.14. The summed E-state index contributed by atoms with van der Waals surface area (Å²) in [5, 5.41) is 0. The average Bonchev–Trinajstić information content (AvgIpc) is 1.98. The van der Waals surface area contributed by atoms with Gasteiger partial charge >= 0.3 is 5.97 Å². The number of hydrogen-bond acceptors (Lipinski definition) is 4. The molecule has 4 nitrogen and oxygen atoms in total. The Morgan fingerprint density at radius 1 is 1.25 bits per heavy atom. The molecule has 0 aliphatic rings. The van der Waals surface area contributed by atoms with Gasteiger partial charge in [0.2, 0.25) is 0 Å². The van der Waals surface area contributed by atoms with E-state index in [9.17, 15) is 9.59 Å². The van der Waals surface area contributed by atoms with E-state index in [4.69, 9.17) is 0 Å². The second kappa shape index (κ2) is 4.33. The zero-order chi connectivity index (χ0) is 9.72. The monoisotopic (exact) mass is 169 g/mol. The second-order valence-corrected chi connectivity index (χ2v) is 2.31. The number of rotatable bonds is 4. The summed E-state index contributed by atoms with van der Waals surface area (Å²) in [6.07, 6.45) is 0. The van der Waals surface area contributed by atoms with E-state index in [0.29, 0.717) is 0 Å². The van der Waals surface area contributed by atoms with Gasteiger partial charge in [-0.05, 0) is 6.92 Å². The molecule has 66 valence electrons. The van der Waals surface area contributed by atoms with E-state index in [1.165, 1.54) is 13.8 Å². The lowest BCUT2D eigenvalue weighted by Crippen LogP contribution is -2.22. The van der Waals surface area contributed by atoms with Gasteiger partial charge in [-0.2, -0.15) is 0 Å². The lowest BCUT2D eigenvalue weighted by atomic mass is 10.4. The van der Waals surface area contributed by atoms with Gasteiger partial charge in [-0.3, -0.25) is 4.79 Å². The molecule has 0 heterocycles. The van der Waals surface area contributed by atoms with Crippen molar-refractivity contribution in [3.05, 3.63) is 24.4 Å². The summed E-state index contributed by atoms with van der Waals surface area (Å²) in [6.45, 7) is 9.48. The molecule has 0 saturated carbocycles. The smallest absolute Gasteiger partial charge is 0.338 e. The van der Waals surface area contributed by atoms with Crippen molar-refractivity contribution in [1.82, 2.24) is 5.48 Å². The molecule has 12 heavy (non-hydrogen) atoms. The van der Waals surface area contributed by atoms with Gasteiger partial charge in [0.25, 0.3) is 0 Å². The van der Waals surface area contributed by atoms with Gasteiger partial charge in [-0.15, -0.1) is 0 Å². The van der Waals surface area contributed by atoms with E-state index in [2.05, 4.69) is 23.5 Å². The highest BCUT2D eigenvalue weighted by Crippen LogP contribution is 1.92. The lowest BCUT2D eigenvalue weighted by Gasteiger charge is -2.05. The maximum Gasteiger partial charge on any atom is 0.357 e. The predicted molar refractivity (Wildman–Crippen MR) is 43.9 cm³/mol. The normalized spacial score (nSPS) is 8.50. The summed E-state index contributed by atoms with van der Waals surface area (Å²) in [5.74, 6) is -0.901. The number of allylic oxidation sites excluding steroid dienone is 1. The van der Waals surface area contributed by atoms with Crippen LogP contribution in [-0.4, -0.2) is 11.8 Å². The molecule has 0 fully saturated rings. The fourth-order valence-corrected chi connectivity index (χ4v) is 0.267. The first-order chi connectivity index (χ1) is 5.45. The molecule has 0 aliphatic heterocycles. The van der Waals surface area contributed by atoms with Crippen molar-refractivity contribution in [3.63, 3.8) is 0 Å². The first-order valence-corrected chi connectivity index (χ1v) is 3.27. The molecule has 0 radical (unpaired) electrons. The third-order valence-corrected chi connectivity index (χ3v) is 1.04. The lowest BCUT2D eigenvalue weighted by molar-refractivity contribution is -0.144. The van der Waals surface area contributed by atoms with Gasteiger partial charge in [0.15, 0.2) is 5.78 Å². The standard InChI is InChI=1S/C8H11NO3/c1-5(2)8(11)12-9-6(3)7(4)10/h9H,1,3H2,2,4H3. The minimum Gasteiger partial charge on any atom is -0.338 e. The van der Waals surface area contributed by atoms with Gasteiger partial charge in [0, 0.05) is 12.5 Å². The summed E-state index contributed by atoms with van der Waals surface area (Å²) in [7, 11) is 0. The fourth-order valence-electron chi connectivity index (χ4n) is 0.267. The average molecular weight is 169 g/mol. The van der Waals surface area contributed by atoms with Crippen LogP contribution in [0, 0.1) is 0 Å². The molecule has 4 heteroatoms. The van der Waals surface area contributed by atoms with E-state index < -0.39 is 5.97 Å². The van der Waals surface area contributed by atoms with Gasteiger partial charge in [0.05, 0.1) is 0 Å². The molecule has 1 N–H and O–H groups in total. The van der Waals surface area contributed by atoms with Crippen LogP contribution in [0.2, 0.25) is 0 Å². The number of nitrogens with one attached hydrogen (secondary N) is 1. The van der Waals surface area contributed by atoms with E-state index in [-0.39, 0.29) is 17.1 Å². The number of hydrogen-bond donors (Lipinski definition) is 1. The minimum atomic E-state index is -0.614. The number of carbonyl (C=O) groups is 2. The van der Waals surface area contributed by atoms with Crippen molar-refractivity contribution in [2.45, 2.75) is 13.8 Å². The predicted octanol–water partition coefficient (Wildman–Crippen LogP) is 0.713. The Bertz CT molecular complexity index is 217. The molecule has 0 aromatic rings. The van der Waals surface area contributed by atoms with Gasteiger partial charge in [-0.25, -0.2) is 10.3 Å². The first-order valence-electron chi connectivity index (χ1n) is 3.27. The summed E-state index contributed by atoms with van der Waals surface area (Å²) in [6, 6.07) is 0. The topological polar surface area (TPSA) is 55.4 Å². The van der Waals surface area contributed by atoms with E-state index >= 15 is 0 Å². The SMILES string of the molecule is C=C(C)C(=O)ONC(=C)C(C)=O. The molecule has 0 saturated heterocycles. The van der Waals surface area contributed by atoms with Crippen molar-refractivity contribution >= 4 is 11.8 Å². The quantitative estimate of drug-likeness (QED) is 0.497. The summed E-state index contributed by atoms with van der Waals surface area (Å²) < 4.78 is 0. The molecule has 0 bridgehead atoms. The van der Waals surface area contributed by atoms with Crippen molar-refractivity contribution in [2.75, 3.05) is 0 Å². The van der Waals surface area contributed by atoms with Crippen LogP contribution in [0.3, 0.4) is 0 Å². The highest BCUT2D eigenvalue weighted by Gasteiger charge is 2.05. The van der Waals surface area contributed by atoms with Crippen LogP contribution in [0.1, 0.15) is 13.8 Å². The number of Topliss-reactive ketones (excluding diaryl/α,β-unsaturated/α-hetero) is 1. The minimum absolute atomic E-state index is 0.0320. The Morgan fingerprint density at radius 2 is 1.75 bits per heavy atom. The van der Waals surface area contributed by atoms with Crippen LogP contribution < -0.4 is 5.48 Å². The molecule has 0 atom stereocenters. The summed E-state index contributed by atoms with van der Waals surface area (Å²) >= 11 is 0. The molecule has 0 aromatic carbocycles.